The van der Waals surface area contributed by atoms with Crippen LogP contribution in [0.3, 0.4) is 0 Å². The van der Waals surface area contributed by atoms with Crippen LogP contribution >= 0.6 is 38.5 Å². The number of hydrogen-bond acceptors (Lipinski definition) is 1. The Hall–Kier alpha value is 0.230. The first-order chi connectivity index (χ1) is 4.72. The van der Waals surface area contributed by atoms with Crippen molar-refractivity contribution in [1.82, 2.24) is 0 Å². The van der Waals surface area contributed by atoms with Crippen molar-refractivity contribution in [3.8, 4) is 0 Å². The Bertz CT molecular complexity index is 217. The van der Waals surface area contributed by atoms with Gasteiger partial charge in [0.25, 0.3) is 0 Å². The number of rotatable bonds is 1. The van der Waals surface area contributed by atoms with Crippen LogP contribution in [0, 0.1) is 3.57 Å². The van der Waals surface area contributed by atoms with E-state index in [4.69, 9.17) is 0 Å². The van der Waals surface area contributed by atoms with Crippen molar-refractivity contribution in [1.29, 1.82) is 0 Å². The van der Waals surface area contributed by atoms with Crippen LogP contribution in [0.25, 0.3) is 0 Å². The molecule has 0 aliphatic rings. The number of nitrogens with one attached hydrogen (secondary N) is 1. The summed E-state index contributed by atoms with van der Waals surface area (Å²) in [4.78, 5) is 0. The second-order valence-electron chi connectivity index (χ2n) is 1.91. The van der Waals surface area contributed by atoms with Crippen LogP contribution in [0.2, 0.25) is 0 Å². The van der Waals surface area contributed by atoms with Crippen LogP contribution in [0.5, 0.6) is 0 Å². The van der Waals surface area contributed by atoms with Crippen LogP contribution in [0.1, 0.15) is 0 Å². The quantitative estimate of drug-likeness (QED) is 0.786. The molecule has 0 aromatic heterocycles. The maximum atomic E-state index is 3.41. The van der Waals surface area contributed by atoms with Crippen molar-refractivity contribution in [2.24, 2.45) is 0 Å². The molecule has 1 aromatic rings. The topological polar surface area (TPSA) is 12.0 Å². The fourth-order valence-electron chi connectivity index (χ4n) is 0.698. The van der Waals surface area contributed by atoms with E-state index in [0.717, 1.165) is 10.2 Å². The van der Waals surface area contributed by atoms with Crippen LogP contribution in [0.15, 0.2) is 22.7 Å². The molecule has 0 heterocycles. The summed E-state index contributed by atoms with van der Waals surface area (Å²) in [6.07, 6.45) is 0. The SMILES string of the molecule is CNc1cc(Br)cc(I)c1. The lowest BCUT2D eigenvalue weighted by Crippen LogP contribution is -1.87. The standard InChI is InChI=1S/C7H7BrIN/c1-10-7-3-5(8)2-6(9)4-7/h2-4,10H,1H3. The molecule has 54 valence electrons. The van der Waals surface area contributed by atoms with Gasteiger partial charge in [-0.3, -0.25) is 0 Å². The number of hydrogen-bond donors (Lipinski definition) is 1. The lowest BCUT2D eigenvalue weighted by Gasteiger charge is -2.00. The first-order valence-electron chi connectivity index (χ1n) is 2.86. The molecule has 0 spiro atoms. The van der Waals surface area contributed by atoms with Gasteiger partial charge >= 0.3 is 0 Å². The smallest absolute Gasteiger partial charge is 0.0359 e. The fraction of sp³-hybridized carbons (Fsp3) is 0.143. The average molecular weight is 312 g/mol. The molecule has 1 N–H and O–H groups in total. The number of halogens is 2. The van der Waals surface area contributed by atoms with Gasteiger partial charge in [0.15, 0.2) is 0 Å². The maximum absolute atomic E-state index is 3.41. The van der Waals surface area contributed by atoms with Gasteiger partial charge in [-0.05, 0) is 40.8 Å². The zero-order valence-electron chi connectivity index (χ0n) is 5.49. The van der Waals surface area contributed by atoms with Crippen LogP contribution in [0.4, 0.5) is 5.69 Å². The van der Waals surface area contributed by atoms with E-state index in [0.29, 0.717) is 0 Å². The third-order valence-electron chi connectivity index (χ3n) is 1.15. The van der Waals surface area contributed by atoms with Gasteiger partial charge in [0.05, 0.1) is 0 Å². The third-order valence-corrected chi connectivity index (χ3v) is 2.23. The van der Waals surface area contributed by atoms with Crippen molar-refractivity contribution in [3.05, 3.63) is 26.2 Å². The van der Waals surface area contributed by atoms with Crippen molar-refractivity contribution < 1.29 is 0 Å². The minimum absolute atomic E-state index is 1.11. The minimum Gasteiger partial charge on any atom is -0.388 e. The molecule has 0 bridgehead atoms. The molecule has 0 aliphatic heterocycles. The van der Waals surface area contributed by atoms with Gasteiger partial charge < -0.3 is 5.32 Å². The van der Waals surface area contributed by atoms with Crippen molar-refractivity contribution in [3.63, 3.8) is 0 Å². The van der Waals surface area contributed by atoms with Crippen molar-refractivity contribution in [2.75, 3.05) is 12.4 Å². The van der Waals surface area contributed by atoms with Gasteiger partial charge in [0.2, 0.25) is 0 Å². The van der Waals surface area contributed by atoms with Gasteiger partial charge in [-0.2, -0.15) is 0 Å². The highest BCUT2D eigenvalue weighted by molar-refractivity contribution is 14.1. The van der Waals surface area contributed by atoms with E-state index >= 15 is 0 Å². The molecule has 0 unspecified atom stereocenters. The molecule has 0 aliphatic carbocycles. The van der Waals surface area contributed by atoms with E-state index in [2.05, 4.69) is 56.0 Å². The Morgan fingerprint density at radius 1 is 1.40 bits per heavy atom. The van der Waals surface area contributed by atoms with E-state index in [-0.39, 0.29) is 0 Å². The summed E-state index contributed by atoms with van der Waals surface area (Å²) in [5, 5.41) is 3.07. The second kappa shape index (κ2) is 3.57. The monoisotopic (exact) mass is 311 g/mol. The Balaban J connectivity index is 3.06. The molecule has 10 heavy (non-hydrogen) atoms. The Morgan fingerprint density at radius 2 is 2.10 bits per heavy atom. The zero-order valence-corrected chi connectivity index (χ0v) is 9.23. The number of anilines is 1. The van der Waals surface area contributed by atoms with Gasteiger partial charge in [0, 0.05) is 20.8 Å². The predicted octanol–water partition coefficient (Wildman–Crippen LogP) is 3.10. The Morgan fingerprint density at radius 3 is 2.60 bits per heavy atom. The van der Waals surface area contributed by atoms with E-state index in [1.54, 1.807) is 0 Å². The molecule has 3 heteroatoms. The average Bonchev–Trinajstić information content (AvgIpc) is 1.85. The summed E-state index contributed by atoms with van der Waals surface area (Å²) < 4.78 is 2.35. The molecule has 0 atom stereocenters. The Kier molecular flexibility index (Phi) is 2.97. The maximum Gasteiger partial charge on any atom is 0.0359 e. The van der Waals surface area contributed by atoms with E-state index in [9.17, 15) is 0 Å². The summed E-state index contributed by atoms with van der Waals surface area (Å²) >= 11 is 5.69. The summed E-state index contributed by atoms with van der Waals surface area (Å²) in [5.74, 6) is 0. The summed E-state index contributed by atoms with van der Waals surface area (Å²) in [6, 6.07) is 6.20. The third kappa shape index (κ3) is 2.12. The highest BCUT2D eigenvalue weighted by atomic mass is 127. The lowest BCUT2D eigenvalue weighted by atomic mass is 10.3. The molecule has 0 radical (unpaired) electrons. The van der Waals surface area contributed by atoms with Gasteiger partial charge in [-0.15, -0.1) is 0 Å². The van der Waals surface area contributed by atoms with E-state index in [1.165, 1.54) is 3.57 Å². The molecule has 1 nitrogen and oxygen atoms in total. The summed E-state index contributed by atoms with van der Waals surface area (Å²) in [6.45, 7) is 0. The molecule has 0 fully saturated rings. The molecule has 1 aromatic carbocycles. The lowest BCUT2D eigenvalue weighted by molar-refractivity contribution is 1.48. The predicted molar refractivity (Wildman–Crippen MR) is 56.4 cm³/mol. The first-order valence-corrected chi connectivity index (χ1v) is 4.73. The first kappa shape index (κ1) is 8.33. The molecule has 0 amide bonds. The van der Waals surface area contributed by atoms with E-state index in [1.807, 2.05) is 13.1 Å². The molecular formula is C7H7BrIN. The van der Waals surface area contributed by atoms with Crippen LogP contribution < -0.4 is 5.32 Å². The normalized spacial score (nSPS) is 9.50. The summed E-state index contributed by atoms with van der Waals surface area (Å²) in [7, 11) is 1.91. The van der Waals surface area contributed by atoms with Crippen LogP contribution in [-0.4, -0.2) is 7.05 Å². The fourth-order valence-corrected chi connectivity index (χ4v) is 2.29. The molecule has 0 saturated heterocycles. The molecule has 1 rings (SSSR count). The molecule has 0 saturated carbocycles. The van der Waals surface area contributed by atoms with Gasteiger partial charge in [-0.1, -0.05) is 15.9 Å². The van der Waals surface area contributed by atoms with Gasteiger partial charge in [0.1, 0.15) is 0 Å². The Labute approximate surface area is 82.5 Å². The number of benzene rings is 1. The molecular weight excluding hydrogens is 305 g/mol. The summed E-state index contributed by atoms with van der Waals surface area (Å²) in [5.41, 5.74) is 1.14. The highest BCUT2D eigenvalue weighted by Crippen LogP contribution is 2.19. The van der Waals surface area contributed by atoms with Crippen molar-refractivity contribution in [2.45, 2.75) is 0 Å². The van der Waals surface area contributed by atoms with Crippen LogP contribution in [-0.2, 0) is 0 Å². The van der Waals surface area contributed by atoms with Crippen molar-refractivity contribution >= 4 is 44.2 Å². The highest BCUT2D eigenvalue weighted by Gasteiger charge is 1.93. The largest absolute Gasteiger partial charge is 0.388 e. The zero-order chi connectivity index (χ0) is 7.56. The van der Waals surface area contributed by atoms with E-state index < -0.39 is 0 Å². The van der Waals surface area contributed by atoms with Gasteiger partial charge in [-0.25, -0.2) is 0 Å². The second-order valence-corrected chi connectivity index (χ2v) is 4.07. The minimum atomic E-state index is 1.11.